The molecule has 2 saturated heterocycles. The highest BCUT2D eigenvalue weighted by molar-refractivity contribution is 14.1. The fraction of sp³-hybridized carbons (Fsp3) is 0.583. The Bertz CT molecular complexity index is 967. The number of halogens is 1. The van der Waals surface area contributed by atoms with E-state index in [1.54, 1.807) is 15.9 Å². The van der Waals surface area contributed by atoms with Gasteiger partial charge >= 0.3 is 0 Å². The summed E-state index contributed by atoms with van der Waals surface area (Å²) in [5.74, 6) is -0.534. The molecule has 3 aliphatic rings. The van der Waals surface area contributed by atoms with Crippen molar-refractivity contribution in [2.45, 2.75) is 62.6 Å². The Morgan fingerprint density at radius 3 is 2.79 bits per heavy atom. The molecule has 180 valence electrons. The lowest BCUT2D eigenvalue weighted by Gasteiger charge is -2.32. The van der Waals surface area contributed by atoms with Gasteiger partial charge in [-0.3, -0.25) is 9.59 Å². The molecule has 0 bridgehead atoms. The maximum absolute atomic E-state index is 13.9. The predicted molar refractivity (Wildman–Crippen MR) is 137 cm³/mol. The van der Waals surface area contributed by atoms with Gasteiger partial charge in [-0.1, -0.05) is 13.0 Å². The number of aliphatic hydroxyl groups excluding tert-OH is 1. The zero-order valence-corrected chi connectivity index (χ0v) is 22.6. The van der Waals surface area contributed by atoms with Crippen LogP contribution in [0.3, 0.4) is 0 Å². The van der Waals surface area contributed by atoms with Gasteiger partial charge in [0.15, 0.2) is 13.9 Å². The van der Waals surface area contributed by atoms with Gasteiger partial charge in [0.25, 0.3) is 5.91 Å². The largest absolute Gasteiger partial charge is 0.432 e. The van der Waals surface area contributed by atoms with Crippen LogP contribution in [0, 0.1) is 9.49 Å². The van der Waals surface area contributed by atoms with E-state index in [4.69, 9.17) is 4.74 Å². The molecule has 7 nitrogen and oxygen atoms in total. The zero-order valence-electron chi connectivity index (χ0n) is 19.5. The summed E-state index contributed by atoms with van der Waals surface area (Å²) in [5, 5.41) is 9.67. The van der Waals surface area contributed by atoms with Gasteiger partial charge in [-0.2, -0.15) is 0 Å². The number of hydrogen-bond acceptors (Lipinski definition) is 5. The summed E-state index contributed by atoms with van der Waals surface area (Å²) < 4.78 is 7.66. The molecule has 2 amide bonds. The quantitative estimate of drug-likeness (QED) is 0.305. The highest BCUT2D eigenvalue weighted by Crippen LogP contribution is 2.59. The van der Waals surface area contributed by atoms with E-state index in [-0.39, 0.29) is 42.3 Å². The van der Waals surface area contributed by atoms with E-state index < -0.39 is 20.0 Å². The molecule has 4 rings (SSSR count). The molecule has 0 saturated carbocycles. The molecule has 9 heteroatoms. The summed E-state index contributed by atoms with van der Waals surface area (Å²) in [6.45, 7) is 10.4. The Morgan fingerprint density at radius 1 is 1.42 bits per heavy atom. The Hall–Kier alpha value is -1.27. The summed E-state index contributed by atoms with van der Waals surface area (Å²) in [5.41, 5.74) is 0.0790. The average Bonchev–Trinajstić information content (AvgIpc) is 3.39. The van der Waals surface area contributed by atoms with Crippen molar-refractivity contribution in [1.82, 2.24) is 4.90 Å². The number of fused-ring (bicyclic) bond motifs is 2. The van der Waals surface area contributed by atoms with Gasteiger partial charge in [0.05, 0.1) is 30.9 Å². The van der Waals surface area contributed by atoms with Gasteiger partial charge in [-0.05, 0) is 66.7 Å². The van der Waals surface area contributed by atoms with E-state index >= 15 is 0 Å². The second kappa shape index (κ2) is 9.07. The molecule has 0 aliphatic carbocycles. The smallest absolute Gasteiger partial charge is 0.264 e. The minimum Gasteiger partial charge on any atom is -0.432 e. The fourth-order valence-electron chi connectivity index (χ4n) is 6.20. The van der Waals surface area contributed by atoms with Crippen molar-refractivity contribution in [3.63, 3.8) is 0 Å². The summed E-state index contributed by atoms with van der Waals surface area (Å²) >= 11 is 2.23. The van der Waals surface area contributed by atoms with Gasteiger partial charge in [0.1, 0.15) is 0 Å². The molecule has 1 aromatic carbocycles. The molecule has 3 aliphatic heterocycles. The molecule has 2 N–H and O–H groups in total. The number of hydrogen-bond donors (Lipinski definition) is 2. The van der Waals surface area contributed by atoms with E-state index in [9.17, 15) is 19.5 Å². The number of benzene rings is 1. The van der Waals surface area contributed by atoms with Crippen molar-refractivity contribution in [3.05, 3.63) is 40.0 Å². The third-order valence-corrected chi connectivity index (χ3v) is 10.7. The monoisotopic (exact) mass is 584 g/mol. The maximum atomic E-state index is 13.9. The van der Waals surface area contributed by atoms with Gasteiger partial charge in [-0.25, -0.2) is 0 Å². The predicted octanol–water partition coefficient (Wildman–Crippen LogP) is 3.00. The molecule has 1 aromatic rings. The summed E-state index contributed by atoms with van der Waals surface area (Å²) in [6, 6.07) is 5.73. The van der Waals surface area contributed by atoms with Crippen molar-refractivity contribution < 1.29 is 24.2 Å². The minimum atomic E-state index is -2.82. The first-order chi connectivity index (χ1) is 15.6. The number of aliphatic hydroxyl groups is 1. The lowest BCUT2D eigenvalue weighted by Crippen LogP contribution is -2.46. The zero-order chi connectivity index (χ0) is 24.1. The molecule has 3 heterocycles. The number of ether oxygens (including phenoxy) is 1. The highest BCUT2D eigenvalue weighted by atomic mass is 127. The van der Waals surface area contributed by atoms with E-state index in [0.717, 1.165) is 27.7 Å². The number of amides is 2. The van der Waals surface area contributed by atoms with Crippen LogP contribution in [0.5, 0.6) is 0 Å². The average molecular weight is 585 g/mol. The van der Waals surface area contributed by atoms with Crippen molar-refractivity contribution in [1.29, 1.82) is 0 Å². The van der Waals surface area contributed by atoms with Crippen LogP contribution in [0.2, 0.25) is 18.6 Å². The second-order valence-corrected chi connectivity index (χ2v) is 15.2. The van der Waals surface area contributed by atoms with Crippen LogP contribution in [0.4, 0.5) is 5.69 Å². The Labute approximate surface area is 210 Å². The Balaban J connectivity index is 1.75. The van der Waals surface area contributed by atoms with Crippen molar-refractivity contribution in [2.75, 3.05) is 24.6 Å². The van der Waals surface area contributed by atoms with E-state index in [1.807, 2.05) is 38.2 Å². The van der Waals surface area contributed by atoms with Gasteiger partial charge in [0.2, 0.25) is 5.91 Å². The third-order valence-electron chi connectivity index (χ3n) is 7.54. The molecule has 0 unspecified atom stereocenters. The number of carbonyl (C=O) groups is 2. The Kier molecular flexibility index (Phi) is 6.82. The number of likely N-dealkylation sites (tertiary alicyclic amines) is 1. The molecule has 1 spiro atoms. The molecule has 2 fully saturated rings. The van der Waals surface area contributed by atoms with Gasteiger partial charge < -0.3 is 24.4 Å². The van der Waals surface area contributed by atoms with Crippen molar-refractivity contribution in [3.8, 4) is 0 Å². The van der Waals surface area contributed by atoms with Crippen LogP contribution in [0.1, 0.15) is 31.7 Å². The molecule has 0 radical (unpaired) electrons. The molecular formula is C24H33IN2O5Si. The first kappa shape index (κ1) is 24.8. The lowest BCUT2D eigenvalue weighted by molar-refractivity contribution is -0.150. The second-order valence-electron chi connectivity index (χ2n) is 10.00. The van der Waals surface area contributed by atoms with Crippen LogP contribution in [-0.2, 0) is 19.9 Å². The number of nitrogens with zero attached hydrogens (tertiary/aromatic N) is 2. The van der Waals surface area contributed by atoms with Crippen LogP contribution in [0.15, 0.2) is 30.9 Å². The first-order valence-corrected chi connectivity index (χ1v) is 15.7. The normalized spacial score (nSPS) is 31.5. The summed E-state index contributed by atoms with van der Waals surface area (Å²) in [6.07, 6.45) is 2.88. The lowest BCUT2D eigenvalue weighted by atomic mass is 9.82. The van der Waals surface area contributed by atoms with Gasteiger partial charge in [0, 0.05) is 33.7 Å². The topological polar surface area (TPSA) is 90.3 Å². The van der Waals surface area contributed by atoms with Crippen LogP contribution >= 0.6 is 22.6 Å². The maximum Gasteiger partial charge on any atom is 0.264 e. The SMILES string of the molecule is C=CCN1C(=O)[C@]2(O[C@H](CC(=O)N3CCC[C@H]3CO)[C@@H]([Si](C)(C)O)[C@@H]2C)c2cc(I)ccc21. The standard InChI is InChI=1S/C24H33IN2O5Si/c1-5-10-27-19-9-8-16(25)12-18(19)24(23(27)30)15(2)22(33(3,4)31)20(32-24)13-21(29)26-11-6-7-17(26)14-28/h5,8-9,12,15,17,20,22,28,31H,1,6-7,10-11,13-14H2,2-4H3/t15-,17-,20+,22-,24+/m0/s1. The summed E-state index contributed by atoms with van der Waals surface area (Å²) in [7, 11) is -2.82. The van der Waals surface area contributed by atoms with E-state index in [2.05, 4.69) is 29.2 Å². The van der Waals surface area contributed by atoms with Gasteiger partial charge in [-0.15, -0.1) is 6.58 Å². The van der Waals surface area contributed by atoms with E-state index in [0.29, 0.717) is 13.1 Å². The first-order valence-electron chi connectivity index (χ1n) is 11.6. The van der Waals surface area contributed by atoms with Crippen molar-refractivity contribution >= 4 is 48.4 Å². The van der Waals surface area contributed by atoms with Crippen molar-refractivity contribution in [2.24, 2.45) is 5.92 Å². The van der Waals surface area contributed by atoms with Crippen LogP contribution < -0.4 is 4.90 Å². The summed E-state index contributed by atoms with van der Waals surface area (Å²) in [4.78, 5) is 41.9. The number of rotatable bonds is 6. The van der Waals surface area contributed by atoms with E-state index in [1.165, 1.54) is 0 Å². The Morgan fingerprint density at radius 2 is 2.15 bits per heavy atom. The number of carbonyl (C=O) groups excluding carboxylic acids is 2. The highest BCUT2D eigenvalue weighted by Gasteiger charge is 2.66. The fourth-order valence-corrected chi connectivity index (χ4v) is 9.25. The number of anilines is 1. The molecule has 0 aromatic heterocycles. The minimum absolute atomic E-state index is 0.0535. The van der Waals surface area contributed by atoms with Crippen LogP contribution in [0.25, 0.3) is 0 Å². The molecule has 33 heavy (non-hydrogen) atoms. The van der Waals surface area contributed by atoms with Crippen LogP contribution in [-0.4, -0.2) is 66.8 Å². The molecule has 5 atom stereocenters. The third kappa shape index (κ3) is 3.99. The molecular weight excluding hydrogens is 551 g/mol.